The maximum atomic E-state index is 14.0. The van der Waals surface area contributed by atoms with Crippen LogP contribution in [0.4, 0.5) is 4.39 Å². The minimum Gasteiger partial charge on any atom is -0.344 e. The van der Waals surface area contributed by atoms with Crippen LogP contribution < -0.4 is 0 Å². The average Bonchev–Trinajstić information content (AvgIpc) is 2.90. The predicted molar refractivity (Wildman–Crippen MR) is 106 cm³/mol. The van der Waals surface area contributed by atoms with Gasteiger partial charge in [0.05, 0.1) is 0 Å². The number of aromatic nitrogens is 1. The largest absolute Gasteiger partial charge is 0.344 e. The van der Waals surface area contributed by atoms with Gasteiger partial charge < -0.3 is 4.57 Å². The minimum atomic E-state index is -0.149. The molecule has 0 N–H and O–H groups in total. The topological polar surface area (TPSA) is 8.17 Å². The van der Waals surface area contributed by atoms with Gasteiger partial charge in [-0.1, -0.05) is 29.8 Å². The number of likely N-dealkylation sites (N-methyl/N-ethyl adjacent to an activating group) is 1. The molecule has 2 atom stereocenters. The average molecular weight is 350 g/mol. The van der Waals surface area contributed by atoms with E-state index < -0.39 is 0 Å². The molecular formula is C23H27FN2. The maximum Gasteiger partial charge on any atom is 0.123 e. The Bertz CT molecular complexity index is 956. The van der Waals surface area contributed by atoms with Gasteiger partial charge in [-0.3, -0.25) is 4.90 Å². The van der Waals surface area contributed by atoms with Crippen molar-refractivity contribution in [2.75, 3.05) is 7.05 Å². The minimum absolute atomic E-state index is 0.149. The quantitative estimate of drug-likeness (QED) is 0.625. The molecule has 2 aromatic carbocycles. The fourth-order valence-electron chi connectivity index (χ4n) is 4.47. The Hall–Kier alpha value is -2.13. The van der Waals surface area contributed by atoms with E-state index in [0.29, 0.717) is 12.1 Å². The molecule has 1 aliphatic heterocycles. The number of hydrogen-bond acceptors (Lipinski definition) is 1. The van der Waals surface area contributed by atoms with E-state index in [9.17, 15) is 4.39 Å². The molecule has 4 rings (SSSR count). The Balaban J connectivity index is 1.80. The van der Waals surface area contributed by atoms with Gasteiger partial charge in [-0.25, -0.2) is 4.39 Å². The van der Waals surface area contributed by atoms with Crippen LogP contribution in [-0.2, 0) is 19.4 Å². The lowest BCUT2D eigenvalue weighted by Gasteiger charge is -2.36. The Morgan fingerprint density at radius 2 is 1.92 bits per heavy atom. The van der Waals surface area contributed by atoms with Crippen molar-refractivity contribution in [3.05, 3.63) is 70.7 Å². The van der Waals surface area contributed by atoms with E-state index in [1.807, 2.05) is 6.07 Å². The fraction of sp³-hybridized carbons (Fsp3) is 0.391. The smallest absolute Gasteiger partial charge is 0.123 e. The van der Waals surface area contributed by atoms with Crippen molar-refractivity contribution in [3.8, 4) is 0 Å². The van der Waals surface area contributed by atoms with E-state index in [0.717, 1.165) is 24.8 Å². The van der Waals surface area contributed by atoms with Crippen molar-refractivity contribution < 1.29 is 4.39 Å². The van der Waals surface area contributed by atoms with Gasteiger partial charge in [0.2, 0.25) is 0 Å². The normalized spacial score (nSPS) is 20.5. The molecule has 3 aromatic rings. The second-order valence-electron chi connectivity index (χ2n) is 7.81. The molecule has 136 valence electrons. The number of aryl methyl sites for hydroxylation is 3. The molecule has 2 heterocycles. The summed E-state index contributed by atoms with van der Waals surface area (Å²) in [6.07, 6.45) is 2.01. The van der Waals surface area contributed by atoms with Gasteiger partial charge in [0.25, 0.3) is 0 Å². The van der Waals surface area contributed by atoms with Gasteiger partial charge >= 0.3 is 0 Å². The standard InChI is InChI=1S/C23H27FN2/c1-15-6-5-7-18(12-15)10-11-26-21-9-8-19(24)14-20(21)23-17(3)25(4)16(2)13-22(23)26/h5-9,12,14,16-17H,10-11,13H2,1-4H3. The number of halogens is 1. The van der Waals surface area contributed by atoms with Crippen molar-refractivity contribution in [3.63, 3.8) is 0 Å². The van der Waals surface area contributed by atoms with E-state index in [-0.39, 0.29) is 5.82 Å². The van der Waals surface area contributed by atoms with Gasteiger partial charge in [0.1, 0.15) is 5.82 Å². The Morgan fingerprint density at radius 1 is 1.12 bits per heavy atom. The molecule has 2 nitrogen and oxygen atoms in total. The summed E-state index contributed by atoms with van der Waals surface area (Å²) in [4.78, 5) is 2.40. The number of rotatable bonds is 3. The number of benzene rings is 2. The first-order valence-corrected chi connectivity index (χ1v) is 9.53. The maximum absolute atomic E-state index is 14.0. The fourth-order valence-corrected chi connectivity index (χ4v) is 4.47. The molecule has 0 aliphatic carbocycles. The molecule has 1 aromatic heterocycles. The van der Waals surface area contributed by atoms with Crippen molar-refractivity contribution in [2.45, 2.75) is 52.2 Å². The highest BCUT2D eigenvalue weighted by molar-refractivity contribution is 5.86. The summed E-state index contributed by atoms with van der Waals surface area (Å²) in [5, 5.41) is 1.08. The molecule has 0 radical (unpaired) electrons. The van der Waals surface area contributed by atoms with Gasteiger partial charge in [-0.2, -0.15) is 0 Å². The van der Waals surface area contributed by atoms with E-state index in [1.54, 1.807) is 12.1 Å². The highest BCUT2D eigenvalue weighted by Crippen LogP contribution is 2.39. The summed E-state index contributed by atoms with van der Waals surface area (Å²) < 4.78 is 16.4. The number of hydrogen-bond donors (Lipinski definition) is 0. The predicted octanol–water partition coefficient (Wildman–Crippen LogP) is 5.27. The van der Waals surface area contributed by atoms with Crippen molar-refractivity contribution in [1.82, 2.24) is 9.47 Å². The molecule has 3 heteroatoms. The zero-order chi connectivity index (χ0) is 18.4. The van der Waals surface area contributed by atoms with Crippen LogP contribution in [0.2, 0.25) is 0 Å². The van der Waals surface area contributed by atoms with Gasteiger partial charge in [0.15, 0.2) is 0 Å². The highest BCUT2D eigenvalue weighted by Gasteiger charge is 2.31. The molecule has 0 spiro atoms. The zero-order valence-corrected chi connectivity index (χ0v) is 16.1. The van der Waals surface area contributed by atoms with E-state index in [1.165, 1.54) is 27.9 Å². The van der Waals surface area contributed by atoms with Crippen molar-refractivity contribution in [1.29, 1.82) is 0 Å². The molecular weight excluding hydrogens is 323 g/mol. The van der Waals surface area contributed by atoms with Crippen LogP contribution in [0.15, 0.2) is 42.5 Å². The van der Waals surface area contributed by atoms with Gasteiger partial charge in [-0.05, 0) is 63.6 Å². The first kappa shape index (κ1) is 17.3. The number of fused-ring (bicyclic) bond motifs is 3. The van der Waals surface area contributed by atoms with Crippen molar-refractivity contribution >= 4 is 10.9 Å². The summed E-state index contributed by atoms with van der Waals surface area (Å²) in [6, 6.07) is 14.8. The first-order valence-electron chi connectivity index (χ1n) is 9.53. The van der Waals surface area contributed by atoms with Crippen LogP contribution in [0.5, 0.6) is 0 Å². The summed E-state index contributed by atoms with van der Waals surface area (Å²) in [6.45, 7) is 7.59. The van der Waals surface area contributed by atoms with Gasteiger partial charge in [0, 0.05) is 41.6 Å². The van der Waals surface area contributed by atoms with Crippen molar-refractivity contribution in [2.24, 2.45) is 0 Å². The van der Waals surface area contributed by atoms with Crippen LogP contribution in [-0.4, -0.2) is 22.6 Å². The molecule has 26 heavy (non-hydrogen) atoms. The lowest BCUT2D eigenvalue weighted by molar-refractivity contribution is 0.177. The summed E-state index contributed by atoms with van der Waals surface area (Å²) in [5.41, 5.74) is 6.52. The van der Waals surface area contributed by atoms with E-state index >= 15 is 0 Å². The lowest BCUT2D eigenvalue weighted by Crippen LogP contribution is -2.38. The first-order chi connectivity index (χ1) is 12.5. The molecule has 1 aliphatic rings. The highest BCUT2D eigenvalue weighted by atomic mass is 19.1. The summed E-state index contributed by atoms with van der Waals surface area (Å²) >= 11 is 0. The molecule has 0 saturated heterocycles. The SMILES string of the molecule is Cc1cccc(CCn2c3c(c4cc(F)ccc42)C(C)N(C)C(C)C3)c1. The van der Waals surface area contributed by atoms with E-state index in [2.05, 4.69) is 61.6 Å². The second-order valence-corrected chi connectivity index (χ2v) is 7.81. The molecule has 2 unspecified atom stereocenters. The summed E-state index contributed by atoms with van der Waals surface area (Å²) in [7, 11) is 2.17. The van der Waals surface area contributed by atoms with E-state index in [4.69, 9.17) is 0 Å². The molecule has 0 fully saturated rings. The zero-order valence-electron chi connectivity index (χ0n) is 16.1. The molecule has 0 amide bonds. The third-order valence-corrected chi connectivity index (χ3v) is 6.10. The Labute approximate surface area is 155 Å². The van der Waals surface area contributed by atoms with Crippen LogP contribution in [0.1, 0.15) is 42.3 Å². The number of nitrogens with zero attached hydrogens (tertiary/aromatic N) is 2. The van der Waals surface area contributed by atoms with Crippen LogP contribution >= 0.6 is 0 Å². The molecule has 0 bridgehead atoms. The van der Waals surface area contributed by atoms with Gasteiger partial charge in [-0.15, -0.1) is 0 Å². The third-order valence-electron chi connectivity index (χ3n) is 6.10. The third kappa shape index (κ3) is 2.84. The Kier molecular flexibility index (Phi) is 4.36. The second kappa shape index (κ2) is 6.55. The summed E-state index contributed by atoms with van der Waals surface area (Å²) in [5.74, 6) is -0.149. The van der Waals surface area contributed by atoms with Crippen LogP contribution in [0, 0.1) is 12.7 Å². The lowest BCUT2D eigenvalue weighted by atomic mass is 9.93. The van der Waals surface area contributed by atoms with Crippen LogP contribution in [0.3, 0.4) is 0 Å². The monoisotopic (exact) mass is 350 g/mol. The van der Waals surface area contributed by atoms with Crippen LogP contribution in [0.25, 0.3) is 10.9 Å². The Morgan fingerprint density at radius 3 is 2.69 bits per heavy atom. The molecule has 0 saturated carbocycles.